The van der Waals surface area contributed by atoms with E-state index >= 15 is 0 Å². The van der Waals surface area contributed by atoms with Crippen molar-refractivity contribution >= 4 is 76.4 Å². The van der Waals surface area contributed by atoms with Crippen LogP contribution in [-0.2, 0) is 0 Å². The molecule has 3 heteroatoms. The van der Waals surface area contributed by atoms with Gasteiger partial charge in [0.2, 0.25) is 0 Å². The Balaban J connectivity index is 1.39. The molecule has 0 aliphatic carbocycles. The molecule has 0 aliphatic rings. The van der Waals surface area contributed by atoms with E-state index in [9.17, 15) is 0 Å². The second kappa shape index (κ2) is 11.8. The maximum absolute atomic E-state index is 2.46. The average molecular weight is 625 g/mol. The average Bonchev–Trinajstić information content (AvgIpc) is 3.46. The van der Waals surface area contributed by atoms with Crippen LogP contribution in [0.4, 0.5) is 34.1 Å². The molecular formula is C44H36N2S. The molecule has 0 atom stereocenters. The number of benzene rings is 7. The summed E-state index contributed by atoms with van der Waals surface area (Å²) in [5.41, 5.74) is 12.1. The largest absolute Gasteiger partial charge is 0.310 e. The number of anilines is 6. The lowest BCUT2D eigenvalue weighted by atomic mass is 9.99. The van der Waals surface area contributed by atoms with Crippen molar-refractivity contribution < 1.29 is 0 Å². The van der Waals surface area contributed by atoms with E-state index in [0.29, 0.717) is 0 Å². The van der Waals surface area contributed by atoms with Crippen molar-refractivity contribution in [2.45, 2.75) is 27.7 Å². The predicted molar refractivity (Wildman–Crippen MR) is 205 cm³/mol. The zero-order chi connectivity index (χ0) is 32.1. The Hall–Kier alpha value is -5.38. The molecule has 0 bridgehead atoms. The summed E-state index contributed by atoms with van der Waals surface area (Å²) < 4.78 is 2.57. The number of aryl methyl sites for hydroxylation is 4. The molecule has 8 aromatic rings. The standard InChI is InChI=1S/C44H36N2S/c1-29-15-5-11-21-37(29)45(38-22-12-6-16-30(38)2)33-25-26-36-42(27-33)47-43-28-41(34-19-9-10-20-35(34)44(36)43)46(39-23-13-7-17-31(39)3)40-24-14-8-18-32(40)4/h5-28H,1-4H3. The molecule has 0 N–H and O–H groups in total. The van der Waals surface area contributed by atoms with Gasteiger partial charge in [-0.25, -0.2) is 0 Å². The van der Waals surface area contributed by atoms with E-state index in [1.807, 2.05) is 11.3 Å². The van der Waals surface area contributed by atoms with Crippen molar-refractivity contribution in [2.24, 2.45) is 0 Å². The highest BCUT2D eigenvalue weighted by Gasteiger charge is 2.22. The third kappa shape index (κ3) is 4.95. The van der Waals surface area contributed by atoms with Gasteiger partial charge in [-0.05, 0) is 97.8 Å². The van der Waals surface area contributed by atoms with Crippen molar-refractivity contribution in [1.82, 2.24) is 0 Å². The van der Waals surface area contributed by atoms with Gasteiger partial charge in [0, 0.05) is 54.0 Å². The molecule has 8 rings (SSSR count). The van der Waals surface area contributed by atoms with Gasteiger partial charge in [-0.1, -0.05) is 103 Å². The van der Waals surface area contributed by atoms with Crippen molar-refractivity contribution in [3.63, 3.8) is 0 Å². The molecule has 0 saturated heterocycles. The van der Waals surface area contributed by atoms with Gasteiger partial charge in [-0.15, -0.1) is 11.3 Å². The summed E-state index contributed by atoms with van der Waals surface area (Å²) in [6.07, 6.45) is 0. The molecule has 0 fully saturated rings. The van der Waals surface area contributed by atoms with Gasteiger partial charge in [0.15, 0.2) is 0 Å². The van der Waals surface area contributed by atoms with E-state index in [1.54, 1.807) is 0 Å². The lowest BCUT2D eigenvalue weighted by Crippen LogP contribution is -2.13. The van der Waals surface area contributed by atoms with E-state index in [1.165, 1.54) is 87.3 Å². The van der Waals surface area contributed by atoms with E-state index < -0.39 is 0 Å². The van der Waals surface area contributed by atoms with E-state index in [0.717, 1.165) is 0 Å². The fraction of sp³-hybridized carbons (Fsp3) is 0.0909. The Labute approximate surface area is 280 Å². The summed E-state index contributed by atoms with van der Waals surface area (Å²) in [5.74, 6) is 0. The number of hydrogen-bond donors (Lipinski definition) is 0. The third-order valence-corrected chi connectivity index (χ3v) is 10.5. The van der Waals surface area contributed by atoms with Crippen LogP contribution in [0.25, 0.3) is 30.9 Å². The fourth-order valence-corrected chi connectivity index (χ4v) is 8.18. The summed E-state index contributed by atoms with van der Waals surface area (Å²) in [5, 5.41) is 5.14. The van der Waals surface area contributed by atoms with Crippen LogP contribution < -0.4 is 9.80 Å². The summed E-state index contributed by atoms with van der Waals surface area (Å²) in [6.45, 7) is 8.80. The molecule has 0 unspecified atom stereocenters. The van der Waals surface area contributed by atoms with Gasteiger partial charge >= 0.3 is 0 Å². The summed E-state index contributed by atoms with van der Waals surface area (Å²) in [4.78, 5) is 4.87. The number of thiophene rings is 1. The zero-order valence-electron chi connectivity index (χ0n) is 27.2. The second-order valence-corrected chi connectivity index (χ2v) is 13.5. The molecule has 1 aromatic heterocycles. The monoisotopic (exact) mass is 624 g/mol. The van der Waals surface area contributed by atoms with Gasteiger partial charge in [0.25, 0.3) is 0 Å². The Bertz CT molecular complexity index is 2340. The quantitative estimate of drug-likeness (QED) is 0.182. The molecule has 0 spiro atoms. The van der Waals surface area contributed by atoms with Crippen LogP contribution >= 0.6 is 11.3 Å². The van der Waals surface area contributed by atoms with Crippen molar-refractivity contribution in [2.75, 3.05) is 9.80 Å². The predicted octanol–water partition coefficient (Wildman–Crippen LogP) is 13.4. The number of rotatable bonds is 6. The van der Waals surface area contributed by atoms with E-state index in [2.05, 4.69) is 183 Å². The highest BCUT2D eigenvalue weighted by molar-refractivity contribution is 7.26. The van der Waals surface area contributed by atoms with Crippen LogP contribution in [-0.4, -0.2) is 0 Å². The SMILES string of the molecule is Cc1ccccc1N(c1ccc2c(c1)sc1cc(N(c3ccccc3C)c3ccccc3C)c3ccccc3c12)c1ccccc1C. The summed E-state index contributed by atoms with van der Waals surface area (Å²) in [7, 11) is 0. The van der Waals surface area contributed by atoms with Gasteiger partial charge in [0.05, 0.1) is 5.69 Å². The topological polar surface area (TPSA) is 6.48 Å². The third-order valence-electron chi connectivity index (χ3n) is 9.37. The van der Waals surface area contributed by atoms with Crippen molar-refractivity contribution in [3.8, 4) is 0 Å². The Morgan fingerprint density at radius 3 is 1.32 bits per heavy atom. The zero-order valence-corrected chi connectivity index (χ0v) is 28.0. The minimum atomic E-state index is 1.17. The van der Waals surface area contributed by atoms with Crippen LogP contribution in [0.1, 0.15) is 22.3 Å². The molecule has 0 saturated carbocycles. The maximum Gasteiger partial charge on any atom is 0.0554 e. The summed E-state index contributed by atoms with van der Waals surface area (Å²) >= 11 is 1.88. The Kier molecular flexibility index (Phi) is 7.27. The fourth-order valence-electron chi connectivity index (χ4n) is 6.99. The summed E-state index contributed by atoms with van der Waals surface area (Å²) in [6, 6.07) is 53.1. The number of fused-ring (bicyclic) bond motifs is 5. The van der Waals surface area contributed by atoms with Crippen LogP contribution in [0.15, 0.2) is 146 Å². The highest BCUT2D eigenvalue weighted by atomic mass is 32.1. The Morgan fingerprint density at radius 1 is 0.362 bits per heavy atom. The van der Waals surface area contributed by atoms with E-state index in [-0.39, 0.29) is 0 Å². The minimum Gasteiger partial charge on any atom is -0.310 e. The first-order chi connectivity index (χ1) is 23.0. The Morgan fingerprint density at radius 2 is 0.809 bits per heavy atom. The maximum atomic E-state index is 2.46. The molecule has 0 aliphatic heterocycles. The smallest absolute Gasteiger partial charge is 0.0554 e. The lowest BCUT2D eigenvalue weighted by molar-refractivity contribution is 1.23. The molecule has 0 amide bonds. The molecule has 1 heterocycles. The first-order valence-electron chi connectivity index (χ1n) is 16.2. The van der Waals surface area contributed by atoms with E-state index in [4.69, 9.17) is 0 Å². The van der Waals surface area contributed by atoms with Gasteiger partial charge < -0.3 is 9.80 Å². The molecule has 2 nitrogen and oxygen atoms in total. The minimum absolute atomic E-state index is 1.17. The molecule has 47 heavy (non-hydrogen) atoms. The molecular weight excluding hydrogens is 589 g/mol. The number of nitrogens with zero attached hydrogens (tertiary/aromatic N) is 2. The van der Waals surface area contributed by atoms with Crippen LogP contribution in [0, 0.1) is 27.7 Å². The van der Waals surface area contributed by atoms with Crippen LogP contribution in [0.3, 0.4) is 0 Å². The van der Waals surface area contributed by atoms with Crippen molar-refractivity contribution in [3.05, 3.63) is 168 Å². The van der Waals surface area contributed by atoms with Gasteiger partial charge in [-0.3, -0.25) is 0 Å². The first-order valence-corrected chi connectivity index (χ1v) is 17.0. The number of hydrogen-bond acceptors (Lipinski definition) is 3. The molecule has 0 radical (unpaired) electrons. The second-order valence-electron chi connectivity index (χ2n) is 12.4. The van der Waals surface area contributed by atoms with Crippen LogP contribution in [0.2, 0.25) is 0 Å². The highest BCUT2D eigenvalue weighted by Crippen LogP contribution is 2.48. The number of para-hydroxylation sites is 4. The van der Waals surface area contributed by atoms with Crippen molar-refractivity contribution in [1.29, 1.82) is 0 Å². The van der Waals surface area contributed by atoms with Crippen LogP contribution in [0.5, 0.6) is 0 Å². The normalized spacial score (nSPS) is 11.4. The van der Waals surface area contributed by atoms with Gasteiger partial charge in [-0.2, -0.15) is 0 Å². The van der Waals surface area contributed by atoms with Gasteiger partial charge in [0.1, 0.15) is 0 Å². The first kappa shape index (κ1) is 29.1. The molecule has 228 valence electrons. The molecule has 7 aromatic carbocycles. The lowest BCUT2D eigenvalue weighted by Gasteiger charge is -2.29.